The van der Waals surface area contributed by atoms with Crippen molar-refractivity contribution in [1.82, 2.24) is 15.1 Å². The second kappa shape index (κ2) is 9.04. The Labute approximate surface area is 140 Å². The summed E-state index contributed by atoms with van der Waals surface area (Å²) in [6.07, 6.45) is 2.44. The molecule has 128 valence electrons. The molecule has 1 unspecified atom stereocenters. The number of benzene rings is 1. The third-order valence-corrected chi connectivity index (χ3v) is 4.71. The topological polar surface area (TPSA) is 35.6 Å². The van der Waals surface area contributed by atoms with E-state index in [0.29, 0.717) is 18.5 Å². The molecule has 0 radical (unpaired) electrons. The van der Waals surface area contributed by atoms with Crippen molar-refractivity contribution in [1.29, 1.82) is 0 Å². The van der Waals surface area contributed by atoms with Crippen LogP contribution in [-0.4, -0.2) is 55.0 Å². The second-order valence-electron chi connectivity index (χ2n) is 7.04. The molecule has 1 atom stereocenters. The van der Waals surface area contributed by atoms with Crippen LogP contribution in [0.2, 0.25) is 0 Å². The van der Waals surface area contributed by atoms with Crippen molar-refractivity contribution in [2.75, 3.05) is 33.2 Å². The third-order valence-electron chi connectivity index (χ3n) is 4.71. The molecule has 1 fully saturated rings. The predicted octanol–water partition coefficient (Wildman–Crippen LogP) is 2.35. The van der Waals surface area contributed by atoms with Crippen LogP contribution in [0.5, 0.6) is 0 Å². The first-order valence-electron chi connectivity index (χ1n) is 8.78. The Balaban J connectivity index is 1.72. The number of piperidine rings is 1. The number of likely N-dealkylation sites (N-methyl/N-ethyl adjacent to an activating group) is 1. The lowest BCUT2D eigenvalue weighted by Crippen LogP contribution is -2.43. The summed E-state index contributed by atoms with van der Waals surface area (Å²) in [7, 11) is 1.99. The lowest BCUT2D eigenvalue weighted by atomic mass is 9.97. The number of carbonyl (C=O) groups excluding carboxylic acids is 1. The molecule has 1 amide bonds. The van der Waals surface area contributed by atoms with Crippen molar-refractivity contribution in [3.8, 4) is 0 Å². The van der Waals surface area contributed by atoms with Gasteiger partial charge >= 0.3 is 0 Å². The first-order valence-corrected chi connectivity index (χ1v) is 8.78. The molecule has 1 N–H and O–H groups in total. The van der Waals surface area contributed by atoms with E-state index < -0.39 is 0 Å². The molecule has 1 aromatic rings. The van der Waals surface area contributed by atoms with Crippen molar-refractivity contribution in [3.05, 3.63) is 35.9 Å². The number of nitrogens with zero attached hydrogens (tertiary/aromatic N) is 2. The van der Waals surface area contributed by atoms with Crippen molar-refractivity contribution in [2.24, 2.45) is 5.92 Å². The zero-order valence-electron chi connectivity index (χ0n) is 14.8. The zero-order valence-corrected chi connectivity index (χ0v) is 14.8. The van der Waals surface area contributed by atoms with E-state index in [1.807, 2.05) is 7.05 Å². The Morgan fingerprint density at radius 2 is 2.09 bits per heavy atom. The molecule has 0 bridgehead atoms. The van der Waals surface area contributed by atoms with Gasteiger partial charge in [0.15, 0.2) is 0 Å². The van der Waals surface area contributed by atoms with Gasteiger partial charge in [0.05, 0.1) is 6.54 Å². The lowest BCUT2D eigenvalue weighted by molar-refractivity contribution is -0.122. The maximum atomic E-state index is 12.0. The summed E-state index contributed by atoms with van der Waals surface area (Å²) in [6, 6.07) is 11.0. The van der Waals surface area contributed by atoms with Gasteiger partial charge in [-0.2, -0.15) is 0 Å². The molecule has 0 saturated carbocycles. The van der Waals surface area contributed by atoms with E-state index in [1.165, 1.54) is 18.4 Å². The molecule has 0 aromatic heterocycles. The number of hydrogen-bond donors (Lipinski definition) is 1. The molecule has 1 aromatic carbocycles. The highest BCUT2D eigenvalue weighted by molar-refractivity contribution is 5.78. The first kappa shape index (κ1) is 18.0. The highest BCUT2D eigenvalue weighted by Gasteiger charge is 2.20. The number of rotatable bonds is 7. The van der Waals surface area contributed by atoms with Crippen molar-refractivity contribution < 1.29 is 4.79 Å². The molecular formula is C19H31N3O. The normalized spacial score (nSPS) is 19.3. The SMILES string of the molecule is CC(C)N(C)CC(=O)NCC1CCCN(Cc2ccccc2)C1. The molecule has 23 heavy (non-hydrogen) atoms. The van der Waals surface area contributed by atoms with Crippen LogP contribution in [0, 0.1) is 5.92 Å². The maximum Gasteiger partial charge on any atom is 0.234 e. The summed E-state index contributed by atoms with van der Waals surface area (Å²) < 4.78 is 0. The van der Waals surface area contributed by atoms with Gasteiger partial charge in [0, 0.05) is 25.7 Å². The molecule has 2 rings (SSSR count). The third kappa shape index (κ3) is 6.32. The molecule has 1 heterocycles. The van der Waals surface area contributed by atoms with E-state index in [9.17, 15) is 4.79 Å². The zero-order chi connectivity index (χ0) is 16.7. The fourth-order valence-corrected chi connectivity index (χ4v) is 3.03. The van der Waals surface area contributed by atoms with Crippen LogP contribution < -0.4 is 5.32 Å². The monoisotopic (exact) mass is 317 g/mol. The Kier molecular flexibility index (Phi) is 7.06. The quantitative estimate of drug-likeness (QED) is 0.838. The van der Waals surface area contributed by atoms with Crippen LogP contribution in [0.25, 0.3) is 0 Å². The molecule has 1 aliphatic heterocycles. The van der Waals surface area contributed by atoms with E-state index in [0.717, 1.165) is 26.2 Å². The summed E-state index contributed by atoms with van der Waals surface area (Å²) in [5, 5.41) is 3.12. The summed E-state index contributed by atoms with van der Waals surface area (Å²) in [5.74, 6) is 0.710. The van der Waals surface area contributed by atoms with Gasteiger partial charge in [0.2, 0.25) is 5.91 Å². The Morgan fingerprint density at radius 3 is 2.78 bits per heavy atom. The van der Waals surface area contributed by atoms with Crippen LogP contribution in [0.15, 0.2) is 30.3 Å². The van der Waals surface area contributed by atoms with Crippen LogP contribution >= 0.6 is 0 Å². The summed E-state index contributed by atoms with van der Waals surface area (Å²) in [5.41, 5.74) is 1.37. The van der Waals surface area contributed by atoms with E-state index in [4.69, 9.17) is 0 Å². The van der Waals surface area contributed by atoms with Gasteiger partial charge in [-0.1, -0.05) is 30.3 Å². The van der Waals surface area contributed by atoms with Crippen molar-refractivity contribution >= 4 is 5.91 Å². The predicted molar refractivity (Wildman–Crippen MR) is 95.2 cm³/mol. The number of likely N-dealkylation sites (tertiary alicyclic amines) is 1. The Bertz CT molecular complexity index is 475. The van der Waals surface area contributed by atoms with Gasteiger partial charge in [-0.15, -0.1) is 0 Å². The van der Waals surface area contributed by atoms with Crippen LogP contribution in [0.3, 0.4) is 0 Å². The van der Waals surface area contributed by atoms with Crippen molar-refractivity contribution in [3.63, 3.8) is 0 Å². The highest BCUT2D eigenvalue weighted by atomic mass is 16.2. The summed E-state index contributed by atoms with van der Waals surface area (Å²) in [4.78, 5) is 16.6. The smallest absolute Gasteiger partial charge is 0.234 e. The van der Waals surface area contributed by atoms with Crippen LogP contribution in [0.4, 0.5) is 0 Å². The van der Waals surface area contributed by atoms with Gasteiger partial charge < -0.3 is 5.32 Å². The van der Waals surface area contributed by atoms with E-state index in [2.05, 4.69) is 59.3 Å². The van der Waals surface area contributed by atoms with E-state index >= 15 is 0 Å². The summed E-state index contributed by atoms with van der Waals surface area (Å²) in [6.45, 7) is 8.76. The standard InChI is InChI=1S/C19H31N3O/c1-16(2)21(3)15-19(23)20-12-18-10-7-11-22(14-18)13-17-8-5-4-6-9-17/h4-6,8-9,16,18H,7,10-15H2,1-3H3,(H,20,23). The molecule has 1 aliphatic rings. The maximum absolute atomic E-state index is 12.0. The minimum absolute atomic E-state index is 0.140. The van der Waals surface area contributed by atoms with Crippen LogP contribution in [0.1, 0.15) is 32.3 Å². The Hall–Kier alpha value is -1.39. The fraction of sp³-hybridized carbons (Fsp3) is 0.632. The van der Waals surface area contributed by atoms with E-state index in [1.54, 1.807) is 0 Å². The number of amides is 1. The molecular weight excluding hydrogens is 286 g/mol. The van der Waals surface area contributed by atoms with Crippen molar-refractivity contribution in [2.45, 2.75) is 39.3 Å². The second-order valence-corrected chi connectivity index (χ2v) is 7.04. The van der Waals surface area contributed by atoms with Gasteiger partial charge in [-0.3, -0.25) is 14.6 Å². The van der Waals surface area contributed by atoms with Gasteiger partial charge in [0.1, 0.15) is 0 Å². The molecule has 4 nitrogen and oxygen atoms in total. The Morgan fingerprint density at radius 1 is 1.35 bits per heavy atom. The van der Waals surface area contributed by atoms with Gasteiger partial charge in [-0.25, -0.2) is 0 Å². The van der Waals surface area contributed by atoms with Gasteiger partial charge in [0.25, 0.3) is 0 Å². The number of nitrogens with one attached hydrogen (secondary N) is 1. The largest absolute Gasteiger partial charge is 0.355 e. The van der Waals surface area contributed by atoms with Crippen LogP contribution in [-0.2, 0) is 11.3 Å². The van der Waals surface area contributed by atoms with E-state index in [-0.39, 0.29) is 5.91 Å². The first-order chi connectivity index (χ1) is 11.0. The molecule has 1 saturated heterocycles. The average molecular weight is 317 g/mol. The summed E-state index contributed by atoms with van der Waals surface area (Å²) >= 11 is 0. The molecule has 0 spiro atoms. The minimum Gasteiger partial charge on any atom is -0.355 e. The lowest BCUT2D eigenvalue weighted by Gasteiger charge is -2.33. The molecule has 4 heteroatoms. The number of hydrogen-bond acceptors (Lipinski definition) is 3. The number of carbonyl (C=O) groups is 1. The van der Waals surface area contributed by atoms with Gasteiger partial charge in [-0.05, 0) is 51.8 Å². The fourth-order valence-electron chi connectivity index (χ4n) is 3.03. The average Bonchev–Trinajstić information content (AvgIpc) is 2.54. The highest BCUT2D eigenvalue weighted by Crippen LogP contribution is 2.18. The molecule has 0 aliphatic carbocycles. The minimum atomic E-state index is 0.140.